The zero-order valence-electron chi connectivity index (χ0n) is 9.86. The van der Waals surface area contributed by atoms with Gasteiger partial charge in [-0.1, -0.05) is 6.07 Å². The van der Waals surface area contributed by atoms with E-state index in [0.717, 1.165) is 24.6 Å². The van der Waals surface area contributed by atoms with Crippen LogP contribution in [0, 0.1) is 0 Å². The van der Waals surface area contributed by atoms with E-state index < -0.39 is 0 Å². The number of halogens is 1. The first-order chi connectivity index (χ1) is 7.70. The summed E-state index contributed by atoms with van der Waals surface area (Å²) in [6, 6.07) is 6.70. The quantitative estimate of drug-likeness (QED) is 0.752. The normalized spacial score (nSPS) is 20.8. The molecule has 4 heteroatoms. The number of hydrogen-bond donors (Lipinski definition) is 0. The summed E-state index contributed by atoms with van der Waals surface area (Å²) < 4.78 is 0. The lowest BCUT2D eigenvalue weighted by Crippen LogP contribution is -2.31. The fourth-order valence-electron chi connectivity index (χ4n) is 2.09. The van der Waals surface area contributed by atoms with E-state index in [4.69, 9.17) is 11.6 Å². The number of alkyl halides is 1. The average molecular weight is 240 g/mol. The molecule has 0 aromatic carbocycles. The van der Waals surface area contributed by atoms with Gasteiger partial charge in [-0.2, -0.15) is 0 Å². The third-order valence-corrected chi connectivity index (χ3v) is 3.42. The molecule has 0 N–H and O–H groups in total. The molecular formula is C12H18ClN3. The Morgan fingerprint density at radius 2 is 2.31 bits per heavy atom. The molecule has 1 aliphatic heterocycles. The summed E-state index contributed by atoms with van der Waals surface area (Å²) in [6.45, 7) is 2.15. The zero-order valence-corrected chi connectivity index (χ0v) is 10.6. The average Bonchev–Trinajstić information content (AvgIpc) is 2.78. The van der Waals surface area contributed by atoms with Gasteiger partial charge in [-0.15, -0.1) is 11.6 Å². The molecule has 1 aromatic rings. The van der Waals surface area contributed by atoms with Gasteiger partial charge >= 0.3 is 0 Å². The first-order valence-corrected chi connectivity index (χ1v) is 6.17. The fourth-order valence-corrected chi connectivity index (χ4v) is 2.24. The third kappa shape index (κ3) is 2.47. The van der Waals surface area contributed by atoms with E-state index in [1.165, 1.54) is 6.42 Å². The summed E-state index contributed by atoms with van der Waals surface area (Å²) in [7, 11) is 4.27. The third-order valence-electron chi connectivity index (χ3n) is 3.15. The molecule has 3 nitrogen and oxygen atoms in total. The Bertz CT molecular complexity index is 354. The molecule has 1 atom stereocenters. The van der Waals surface area contributed by atoms with Gasteiger partial charge in [0.15, 0.2) is 0 Å². The summed E-state index contributed by atoms with van der Waals surface area (Å²) >= 11 is 5.80. The second-order valence-electron chi connectivity index (χ2n) is 4.47. The Hall–Kier alpha value is -0.800. The molecule has 0 bridgehead atoms. The lowest BCUT2D eigenvalue weighted by molar-refractivity contribution is 0.315. The monoisotopic (exact) mass is 239 g/mol. The highest BCUT2D eigenvalue weighted by molar-refractivity contribution is 6.16. The van der Waals surface area contributed by atoms with Crippen molar-refractivity contribution in [2.45, 2.75) is 18.3 Å². The topological polar surface area (TPSA) is 19.4 Å². The predicted octanol–water partition coefficient (Wildman–Crippen LogP) is 1.96. The van der Waals surface area contributed by atoms with Crippen LogP contribution in [0.5, 0.6) is 0 Å². The Labute approximate surface area is 102 Å². The molecule has 16 heavy (non-hydrogen) atoms. The van der Waals surface area contributed by atoms with Crippen molar-refractivity contribution in [1.29, 1.82) is 0 Å². The van der Waals surface area contributed by atoms with Crippen LogP contribution < -0.4 is 4.90 Å². The molecule has 1 fully saturated rings. The Morgan fingerprint density at radius 3 is 2.94 bits per heavy atom. The number of hydrogen-bond acceptors (Lipinski definition) is 3. The van der Waals surface area contributed by atoms with E-state index in [0.29, 0.717) is 11.9 Å². The standard InChI is InChI=1S/C12H18ClN3/c1-15(2)11-6-7-16(9-11)12-5-3-4-10(8-13)14-12/h3-5,11H,6-9H2,1-2H3. The van der Waals surface area contributed by atoms with Gasteiger partial charge in [0.2, 0.25) is 0 Å². The van der Waals surface area contributed by atoms with Crippen molar-refractivity contribution in [1.82, 2.24) is 9.88 Å². The fraction of sp³-hybridized carbons (Fsp3) is 0.583. The van der Waals surface area contributed by atoms with Crippen LogP contribution in [0.15, 0.2) is 18.2 Å². The van der Waals surface area contributed by atoms with Gasteiger partial charge in [0.25, 0.3) is 0 Å². The van der Waals surface area contributed by atoms with Crippen molar-refractivity contribution in [2.24, 2.45) is 0 Å². The first kappa shape index (κ1) is 11.7. The molecule has 2 rings (SSSR count). The summed E-state index contributed by atoms with van der Waals surface area (Å²) in [5, 5.41) is 0. The van der Waals surface area contributed by atoms with E-state index in [1.807, 2.05) is 12.1 Å². The van der Waals surface area contributed by atoms with Crippen LogP contribution >= 0.6 is 11.6 Å². The summed E-state index contributed by atoms with van der Waals surface area (Å²) in [5.41, 5.74) is 0.951. The molecule has 2 heterocycles. The van der Waals surface area contributed by atoms with E-state index in [1.54, 1.807) is 0 Å². The summed E-state index contributed by atoms with van der Waals surface area (Å²) in [6.07, 6.45) is 1.21. The lowest BCUT2D eigenvalue weighted by Gasteiger charge is -2.21. The van der Waals surface area contributed by atoms with Gasteiger partial charge < -0.3 is 9.80 Å². The largest absolute Gasteiger partial charge is 0.355 e. The Morgan fingerprint density at radius 1 is 1.50 bits per heavy atom. The van der Waals surface area contributed by atoms with Crippen molar-refractivity contribution < 1.29 is 0 Å². The predicted molar refractivity (Wildman–Crippen MR) is 68.1 cm³/mol. The van der Waals surface area contributed by atoms with E-state index in [-0.39, 0.29) is 0 Å². The molecule has 0 saturated carbocycles. The van der Waals surface area contributed by atoms with Crippen molar-refractivity contribution in [3.05, 3.63) is 23.9 Å². The number of anilines is 1. The molecule has 0 spiro atoms. The van der Waals surface area contributed by atoms with Crippen LogP contribution in [-0.2, 0) is 5.88 Å². The van der Waals surface area contributed by atoms with Crippen LogP contribution in [-0.4, -0.2) is 43.1 Å². The molecule has 1 unspecified atom stereocenters. The molecule has 1 aromatic heterocycles. The van der Waals surface area contributed by atoms with Gasteiger partial charge in [0.05, 0.1) is 11.6 Å². The van der Waals surface area contributed by atoms with Crippen molar-refractivity contribution in [3.8, 4) is 0 Å². The maximum atomic E-state index is 5.80. The number of nitrogens with zero attached hydrogens (tertiary/aromatic N) is 3. The number of likely N-dealkylation sites (N-methyl/N-ethyl adjacent to an activating group) is 1. The summed E-state index contributed by atoms with van der Waals surface area (Å²) in [5.74, 6) is 1.54. The molecule has 1 aliphatic rings. The van der Waals surface area contributed by atoms with Crippen LogP contribution in [0.3, 0.4) is 0 Å². The minimum absolute atomic E-state index is 0.485. The highest BCUT2D eigenvalue weighted by Crippen LogP contribution is 2.20. The minimum Gasteiger partial charge on any atom is -0.355 e. The highest BCUT2D eigenvalue weighted by atomic mass is 35.5. The lowest BCUT2D eigenvalue weighted by atomic mass is 10.2. The molecule has 0 radical (unpaired) electrons. The van der Waals surface area contributed by atoms with E-state index >= 15 is 0 Å². The van der Waals surface area contributed by atoms with Crippen LogP contribution in [0.4, 0.5) is 5.82 Å². The van der Waals surface area contributed by atoms with E-state index in [2.05, 4.69) is 34.9 Å². The van der Waals surface area contributed by atoms with Crippen LogP contribution in [0.1, 0.15) is 12.1 Å². The smallest absolute Gasteiger partial charge is 0.128 e. The Kier molecular flexibility index (Phi) is 3.66. The highest BCUT2D eigenvalue weighted by Gasteiger charge is 2.24. The van der Waals surface area contributed by atoms with Crippen LogP contribution in [0.2, 0.25) is 0 Å². The molecular weight excluding hydrogens is 222 g/mol. The molecule has 0 aliphatic carbocycles. The van der Waals surface area contributed by atoms with Gasteiger partial charge in [-0.25, -0.2) is 4.98 Å². The second kappa shape index (κ2) is 5.02. The number of aromatic nitrogens is 1. The first-order valence-electron chi connectivity index (χ1n) is 5.64. The maximum Gasteiger partial charge on any atom is 0.128 e. The van der Waals surface area contributed by atoms with Crippen LogP contribution in [0.25, 0.3) is 0 Å². The van der Waals surface area contributed by atoms with Crippen molar-refractivity contribution in [3.63, 3.8) is 0 Å². The number of rotatable bonds is 3. The van der Waals surface area contributed by atoms with Gasteiger partial charge in [-0.05, 0) is 32.6 Å². The van der Waals surface area contributed by atoms with Crippen molar-refractivity contribution in [2.75, 3.05) is 32.1 Å². The molecule has 1 saturated heterocycles. The number of pyridine rings is 1. The van der Waals surface area contributed by atoms with E-state index in [9.17, 15) is 0 Å². The van der Waals surface area contributed by atoms with Gasteiger partial charge in [-0.3, -0.25) is 0 Å². The molecule has 0 amide bonds. The van der Waals surface area contributed by atoms with Crippen molar-refractivity contribution >= 4 is 17.4 Å². The SMILES string of the molecule is CN(C)C1CCN(c2cccc(CCl)n2)C1. The minimum atomic E-state index is 0.485. The van der Waals surface area contributed by atoms with Gasteiger partial charge in [0.1, 0.15) is 5.82 Å². The van der Waals surface area contributed by atoms with Gasteiger partial charge in [0, 0.05) is 19.1 Å². The molecule has 88 valence electrons. The second-order valence-corrected chi connectivity index (χ2v) is 4.74. The zero-order chi connectivity index (χ0) is 11.5. The maximum absolute atomic E-state index is 5.80. The summed E-state index contributed by atoms with van der Waals surface area (Å²) in [4.78, 5) is 9.16. The Balaban J connectivity index is 2.08.